The number of benzene rings is 1. The number of nitrogens with zero attached hydrogens (tertiary/aromatic N) is 1. The Kier molecular flexibility index (Phi) is 4.60. The Labute approximate surface area is 129 Å². The summed E-state index contributed by atoms with van der Waals surface area (Å²) in [6.07, 6.45) is 0.478. The zero-order valence-electron chi connectivity index (χ0n) is 11.6. The lowest BCUT2D eigenvalue weighted by Crippen LogP contribution is -2.41. The number of likely N-dealkylation sites (tertiary alicyclic amines) is 1. The Bertz CT molecular complexity index is 673. The molecule has 8 heteroatoms. The monoisotopic (exact) mass is 327 g/mol. The van der Waals surface area contributed by atoms with Crippen LogP contribution in [0.5, 0.6) is 0 Å². The van der Waals surface area contributed by atoms with Gasteiger partial charge in [0.25, 0.3) is 0 Å². The maximum absolute atomic E-state index is 12.2. The summed E-state index contributed by atoms with van der Waals surface area (Å²) in [6, 6.07) is 6.13. The lowest BCUT2D eigenvalue weighted by atomic mass is 10.1. The van der Waals surface area contributed by atoms with Crippen LogP contribution in [0.15, 0.2) is 24.3 Å². The Morgan fingerprint density at radius 3 is 2.71 bits per heavy atom. The maximum Gasteiger partial charge on any atom is 0.240 e. The number of thiocarbonyl (C=S) groups is 1. The fraction of sp³-hybridized carbons (Fsp3) is 0.385. The summed E-state index contributed by atoms with van der Waals surface area (Å²) in [5, 5.41) is 0. The van der Waals surface area contributed by atoms with E-state index in [0.29, 0.717) is 24.1 Å². The van der Waals surface area contributed by atoms with Crippen LogP contribution in [0.4, 0.5) is 0 Å². The van der Waals surface area contributed by atoms with E-state index >= 15 is 0 Å². The third-order valence-electron chi connectivity index (χ3n) is 3.38. The fourth-order valence-electron chi connectivity index (χ4n) is 2.28. The number of likely N-dealkylation sites (N-methyl/N-ethyl adjacent to an activating group) is 1. The van der Waals surface area contributed by atoms with Crippen molar-refractivity contribution in [3.63, 3.8) is 0 Å². The molecule has 0 aliphatic carbocycles. The molecule has 0 aromatic heterocycles. The molecule has 2 rings (SSSR count). The fourth-order valence-corrected chi connectivity index (χ4v) is 3.88. The van der Waals surface area contributed by atoms with Crippen molar-refractivity contribution in [2.24, 2.45) is 5.73 Å². The Hall–Kier alpha value is -1.51. The number of amides is 1. The summed E-state index contributed by atoms with van der Waals surface area (Å²) in [4.78, 5) is 13.4. The predicted molar refractivity (Wildman–Crippen MR) is 84.1 cm³/mol. The zero-order chi connectivity index (χ0) is 15.6. The van der Waals surface area contributed by atoms with Gasteiger partial charge in [-0.2, -0.15) is 0 Å². The van der Waals surface area contributed by atoms with Crippen molar-refractivity contribution < 1.29 is 13.2 Å². The normalized spacial score (nSPS) is 19.0. The summed E-state index contributed by atoms with van der Waals surface area (Å²) in [5.74, 6) is -0.463. The molecule has 1 saturated heterocycles. The predicted octanol–water partition coefficient (Wildman–Crippen LogP) is -0.0291. The van der Waals surface area contributed by atoms with Crippen LogP contribution in [0.2, 0.25) is 0 Å². The molecule has 0 bridgehead atoms. The lowest BCUT2D eigenvalue weighted by molar-refractivity contribution is -0.127. The third-order valence-corrected chi connectivity index (χ3v) is 4.93. The highest BCUT2D eigenvalue weighted by atomic mass is 32.2. The van der Waals surface area contributed by atoms with E-state index in [1.165, 1.54) is 4.90 Å². The number of nitrogens with one attached hydrogen (secondary N) is 1. The average molecular weight is 327 g/mol. The van der Waals surface area contributed by atoms with Crippen LogP contribution in [-0.2, 0) is 20.6 Å². The summed E-state index contributed by atoms with van der Waals surface area (Å²) in [5.41, 5.74) is 6.65. The van der Waals surface area contributed by atoms with Crippen LogP contribution in [0.3, 0.4) is 0 Å². The average Bonchev–Trinajstić information content (AvgIpc) is 2.70. The van der Waals surface area contributed by atoms with E-state index < -0.39 is 16.1 Å². The molecular formula is C13H17N3O3S2. The minimum absolute atomic E-state index is 0.150. The van der Waals surface area contributed by atoms with Crippen LogP contribution >= 0.6 is 12.2 Å². The second kappa shape index (κ2) is 6.08. The van der Waals surface area contributed by atoms with E-state index in [1.807, 2.05) is 0 Å². The van der Waals surface area contributed by atoms with E-state index in [0.717, 1.165) is 0 Å². The summed E-state index contributed by atoms with van der Waals surface area (Å²) in [6.45, 7) is 0.551. The van der Waals surface area contributed by atoms with E-state index in [2.05, 4.69) is 4.72 Å². The summed E-state index contributed by atoms with van der Waals surface area (Å²) < 4.78 is 26.9. The van der Waals surface area contributed by atoms with Gasteiger partial charge in [0.2, 0.25) is 15.9 Å². The van der Waals surface area contributed by atoms with Gasteiger partial charge in [-0.1, -0.05) is 36.5 Å². The number of hydrogen-bond donors (Lipinski definition) is 2. The molecule has 1 aromatic rings. The minimum Gasteiger partial charge on any atom is -0.389 e. The molecule has 1 aliphatic heterocycles. The van der Waals surface area contributed by atoms with Gasteiger partial charge in [-0.05, 0) is 12.0 Å². The summed E-state index contributed by atoms with van der Waals surface area (Å²) >= 11 is 4.92. The standard InChI is InChI=1S/C13H17N3O3S2/c1-16-7-6-11(13(16)17)15-21(18,19)8-9-4-2-3-5-10(9)12(14)20/h2-5,11,15H,6-8H2,1H3,(H2,14,20). The largest absolute Gasteiger partial charge is 0.389 e. The highest BCUT2D eigenvalue weighted by molar-refractivity contribution is 7.88. The van der Waals surface area contributed by atoms with Crippen molar-refractivity contribution >= 4 is 33.1 Å². The van der Waals surface area contributed by atoms with Gasteiger partial charge in [-0.25, -0.2) is 13.1 Å². The van der Waals surface area contributed by atoms with Crippen LogP contribution in [-0.4, -0.2) is 43.8 Å². The van der Waals surface area contributed by atoms with Crippen LogP contribution < -0.4 is 10.5 Å². The second-order valence-corrected chi connectivity index (χ2v) is 7.19. The molecule has 3 N–H and O–H groups in total. The van der Waals surface area contributed by atoms with E-state index in [1.54, 1.807) is 31.3 Å². The van der Waals surface area contributed by atoms with E-state index in [9.17, 15) is 13.2 Å². The molecule has 0 spiro atoms. The molecule has 1 aliphatic rings. The number of carbonyl (C=O) groups excluding carboxylic acids is 1. The topological polar surface area (TPSA) is 92.5 Å². The molecule has 1 fully saturated rings. The molecule has 1 aromatic carbocycles. The first-order valence-electron chi connectivity index (χ1n) is 6.43. The zero-order valence-corrected chi connectivity index (χ0v) is 13.2. The Morgan fingerprint density at radius 2 is 2.14 bits per heavy atom. The van der Waals surface area contributed by atoms with Crippen molar-refractivity contribution in [2.75, 3.05) is 13.6 Å². The van der Waals surface area contributed by atoms with Gasteiger partial charge in [0.05, 0.1) is 5.75 Å². The minimum atomic E-state index is -3.64. The Balaban J connectivity index is 2.15. The van der Waals surface area contributed by atoms with Gasteiger partial charge in [0.15, 0.2) is 0 Å². The molecule has 1 amide bonds. The van der Waals surface area contributed by atoms with Crippen LogP contribution in [0.1, 0.15) is 17.5 Å². The first kappa shape index (κ1) is 15.9. The maximum atomic E-state index is 12.2. The third kappa shape index (κ3) is 3.78. The highest BCUT2D eigenvalue weighted by Gasteiger charge is 2.32. The molecule has 1 unspecified atom stereocenters. The number of rotatable bonds is 5. The number of sulfonamides is 1. The van der Waals surface area contributed by atoms with Gasteiger partial charge in [-0.3, -0.25) is 4.79 Å². The van der Waals surface area contributed by atoms with Gasteiger partial charge in [0, 0.05) is 19.2 Å². The van der Waals surface area contributed by atoms with Crippen molar-refractivity contribution in [2.45, 2.75) is 18.2 Å². The quantitative estimate of drug-likeness (QED) is 0.741. The highest BCUT2D eigenvalue weighted by Crippen LogP contribution is 2.15. The molecular weight excluding hydrogens is 310 g/mol. The number of hydrogen-bond acceptors (Lipinski definition) is 4. The molecule has 1 heterocycles. The Morgan fingerprint density at radius 1 is 1.48 bits per heavy atom. The number of carbonyl (C=O) groups is 1. The molecule has 0 radical (unpaired) electrons. The van der Waals surface area contributed by atoms with Crippen molar-refractivity contribution in [3.05, 3.63) is 35.4 Å². The van der Waals surface area contributed by atoms with Crippen molar-refractivity contribution in [3.8, 4) is 0 Å². The molecule has 114 valence electrons. The summed E-state index contributed by atoms with van der Waals surface area (Å²) in [7, 11) is -1.99. The SMILES string of the molecule is CN1CCC(NS(=O)(=O)Cc2ccccc2C(N)=S)C1=O. The van der Waals surface area contributed by atoms with E-state index in [4.69, 9.17) is 18.0 Å². The molecule has 21 heavy (non-hydrogen) atoms. The van der Waals surface area contributed by atoms with Crippen LogP contribution in [0.25, 0.3) is 0 Å². The molecule has 6 nitrogen and oxygen atoms in total. The van der Waals surface area contributed by atoms with Crippen molar-refractivity contribution in [1.29, 1.82) is 0 Å². The van der Waals surface area contributed by atoms with Gasteiger partial charge >= 0.3 is 0 Å². The van der Waals surface area contributed by atoms with Crippen LogP contribution in [0, 0.1) is 0 Å². The van der Waals surface area contributed by atoms with Gasteiger partial charge in [-0.15, -0.1) is 0 Å². The first-order chi connectivity index (χ1) is 9.80. The lowest BCUT2D eigenvalue weighted by Gasteiger charge is -2.14. The first-order valence-corrected chi connectivity index (χ1v) is 8.49. The van der Waals surface area contributed by atoms with Gasteiger partial charge in [0.1, 0.15) is 11.0 Å². The second-order valence-electron chi connectivity index (χ2n) is 5.00. The van der Waals surface area contributed by atoms with Gasteiger partial charge < -0.3 is 10.6 Å². The smallest absolute Gasteiger partial charge is 0.240 e. The van der Waals surface area contributed by atoms with E-state index in [-0.39, 0.29) is 16.6 Å². The molecule has 1 atom stereocenters. The number of nitrogens with two attached hydrogens (primary N) is 1. The van der Waals surface area contributed by atoms with Crippen molar-refractivity contribution in [1.82, 2.24) is 9.62 Å². The molecule has 0 saturated carbocycles.